The number of nitrogens with one attached hydrogen (secondary N) is 1. The van der Waals surface area contributed by atoms with Gasteiger partial charge in [-0.25, -0.2) is 9.37 Å². The summed E-state index contributed by atoms with van der Waals surface area (Å²) in [6.07, 6.45) is 8.14. The average Bonchev–Trinajstić information content (AvgIpc) is 2.66. The van der Waals surface area contributed by atoms with Crippen LogP contribution in [0.4, 0.5) is 4.39 Å². The quantitative estimate of drug-likeness (QED) is 0.901. The number of halogens is 1. The van der Waals surface area contributed by atoms with Gasteiger partial charge in [0.1, 0.15) is 11.5 Å². The van der Waals surface area contributed by atoms with Crippen molar-refractivity contribution in [3.63, 3.8) is 0 Å². The molecule has 4 heteroatoms. The third-order valence-corrected chi connectivity index (χ3v) is 4.02. The molecule has 0 aliphatic heterocycles. The van der Waals surface area contributed by atoms with E-state index in [1.54, 1.807) is 6.07 Å². The largest absolute Gasteiger partial charge is 0.346 e. The second-order valence-electron chi connectivity index (χ2n) is 5.18. The number of aromatic amines is 1. The maximum absolute atomic E-state index is 13.2. The van der Waals surface area contributed by atoms with Crippen LogP contribution in [0.3, 0.4) is 0 Å². The normalized spacial score (nSPS) is 16.4. The number of fused-ring (bicyclic) bond motifs is 1. The molecule has 0 unspecified atom stereocenters. The van der Waals surface area contributed by atoms with Gasteiger partial charge in [0.2, 0.25) is 0 Å². The van der Waals surface area contributed by atoms with Gasteiger partial charge in [0.05, 0.1) is 6.20 Å². The first kappa shape index (κ1) is 11.7. The van der Waals surface area contributed by atoms with Crippen molar-refractivity contribution in [3.8, 4) is 0 Å². The summed E-state index contributed by atoms with van der Waals surface area (Å²) < 4.78 is 13.2. The van der Waals surface area contributed by atoms with Gasteiger partial charge in [0, 0.05) is 24.2 Å². The van der Waals surface area contributed by atoms with Crippen molar-refractivity contribution in [2.45, 2.75) is 31.7 Å². The first-order valence-corrected chi connectivity index (χ1v) is 6.56. The molecule has 0 amide bonds. The fourth-order valence-electron chi connectivity index (χ4n) is 2.55. The molecule has 2 aromatic rings. The molecule has 2 aromatic heterocycles. The lowest BCUT2D eigenvalue weighted by Gasteiger charge is -2.34. The third kappa shape index (κ3) is 2.12. The standard InChI is InChI=1S/C14H18FN3/c1-18(12-3-2-4-12)6-5-10-8-16-14-13(10)7-11(15)9-17-14/h7-9,12H,2-6H2,1H3,(H,16,17). The summed E-state index contributed by atoms with van der Waals surface area (Å²) in [4.78, 5) is 9.56. The Morgan fingerprint density at radius 1 is 1.50 bits per heavy atom. The highest BCUT2D eigenvalue weighted by Crippen LogP contribution is 2.24. The van der Waals surface area contributed by atoms with Crippen molar-refractivity contribution in [1.29, 1.82) is 0 Å². The van der Waals surface area contributed by atoms with Crippen molar-refractivity contribution in [2.75, 3.05) is 13.6 Å². The molecule has 0 radical (unpaired) electrons. The van der Waals surface area contributed by atoms with Crippen LogP contribution in [-0.2, 0) is 6.42 Å². The molecular weight excluding hydrogens is 229 g/mol. The van der Waals surface area contributed by atoms with Crippen LogP contribution in [0, 0.1) is 5.82 Å². The van der Waals surface area contributed by atoms with Gasteiger partial charge in [-0.15, -0.1) is 0 Å². The summed E-state index contributed by atoms with van der Waals surface area (Å²) >= 11 is 0. The SMILES string of the molecule is CN(CCc1c[nH]c2ncc(F)cc12)C1CCC1. The van der Waals surface area contributed by atoms with Crippen molar-refractivity contribution in [1.82, 2.24) is 14.9 Å². The van der Waals surface area contributed by atoms with Gasteiger partial charge in [0.15, 0.2) is 0 Å². The highest BCUT2D eigenvalue weighted by Gasteiger charge is 2.21. The molecule has 0 atom stereocenters. The van der Waals surface area contributed by atoms with Gasteiger partial charge in [-0.3, -0.25) is 0 Å². The summed E-state index contributed by atoms with van der Waals surface area (Å²) in [6.45, 7) is 1.02. The van der Waals surface area contributed by atoms with Gasteiger partial charge < -0.3 is 9.88 Å². The number of likely N-dealkylation sites (N-methyl/N-ethyl adjacent to an activating group) is 1. The van der Waals surface area contributed by atoms with E-state index in [0.29, 0.717) is 0 Å². The average molecular weight is 247 g/mol. The first-order valence-electron chi connectivity index (χ1n) is 6.56. The van der Waals surface area contributed by atoms with E-state index in [1.807, 2.05) is 6.20 Å². The van der Waals surface area contributed by atoms with Gasteiger partial charge >= 0.3 is 0 Å². The molecule has 0 aromatic carbocycles. The predicted octanol–water partition coefficient (Wildman–Crippen LogP) is 2.73. The summed E-state index contributed by atoms with van der Waals surface area (Å²) in [5.41, 5.74) is 1.93. The van der Waals surface area contributed by atoms with E-state index in [2.05, 4.69) is 21.9 Å². The Morgan fingerprint density at radius 2 is 2.33 bits per heavy atom. The van der Waals surface area contributed by atoms with Crippen LogP contribution in [0.15, 0.2) is 18.5 Å². The Hall–Kier alpha value is -1.42. The van der Waals surface area contributed by atoms with E-state index in [4.69, 9.17) is 0 Å². The fourth-order valence-corrected chi connectivity index (χ4v) is 2.55. The number of hydrogen-bond acceptors (Lipinski definition) is 2. The van der Waals surface area contributed by atoms with Crippen molar-refractivity contribution in [2.24, 2.45) is 0 Å². The molecule has 96 valence electrons. The molecule has 1 fully saturated rings. The highest BCUT2D eigenvalue weighted by molar-refractivity contribution is 5.79. The second kappa shape index (κ2) is 4.69. The highest BCUT2D eigenvalue weighted by atomic mass is 19.1. The summed E-state index contributed by atoms with van der Waals surface area (Å²) in [5, 5.41) is 0.914. The molecule has 1 N–H and O–H groups in total. The topological polar surface area (TPSA) is 31.9 Å². The molecule has 3 nitrogen and oxygen atoms in total. The van der Waals surface area contributed by atoms with Crippen LogP contribution in [0.2, 0.25) is 0 Å². The van der Waals surface area contributed by atoms with E-state index in [1.165, 1.54) is 25.5 Å². The first-order chi connectivity index (χ1) is 8.74. The molecular formula is C14H18FN3. The zero-order valence-electron chi connectivity index (χ0n) is 10.6. The smallest absolute Gasteiger partial charge is 0.142 e. The van der Waals surface area contributed by atoms with E-state index in [9.17, 15) is 4.39 Å². The fraction of sp³-hybridized carbons (Fsp3) is 0.500. The minimum atomic E-state index is -0.268. The van der Waals surface area contributed by atoms with E-state index in [-0.39, 0.29) is 5.82 Å². The second-order valence-corrected chi connectivity index (χ2v) is 5.18. The Kier molecular flexibility index (Phi) is 3.04. The lowest BCUT2D eigenvalue weighted by Crippen LogP contribution is -2.38. The maximum atomic E-state index is 13.2. The molecule has 0 bridgehead atoms. The minimum absolute atomic E-state index is 0.268. The van der Waals surface area contributed by atoms with Gasteiger partial charge in [-0.2, -0.15) is 0 Å². The molecule has 0 saturated heterocycles. The molecule has 1 aliphatic rings. The lowest BCUT2D eigenvalue weighted by atomic mass is 9.91. The predicted molar refractivity (Wildman–Crippen MR) is 70.0 cm³/mol. The summed E-state index contributed by atoms with van der Waals surface area (Å²) in [7, 11) is 2.18. The van der Waals surface area contributed by atoms with Crippen LogP contribution in [0.25, 0.3) is 11.0 Å². The maximum Gasteiger partial charge on any atom is 0.142 e. The van der Waals surface area contributed by atoms with Crippen LogP contribution in [-0.4, -0.2) is 34.5 Å². The van der Waals surface area contributed by atoms with Crippen LogP contribution in [0.1, 0.15) is 24.8 Å². The van der Waals surface area contributed by atoms with E-state index in [0.717, 1.165) is 35.6 Å². The zero-order valence-corrected chi connectivity index (χ0v) is 10.6. The zero-order chi connectivity index (χ0) is 12.5. The third-order valence-electron chi connectivity index (χ3n) is 4.02. The molecule has 1 aliphatic carbocycles. The molecule has 2 heterocycles. The van der Waals surface area contributed by atoms with Crippen molar-refractivity contribution in [3.05, 3.63) is 29.8 Å². The number of hydrogen-bond donors (Lipinski definition) is 1. The number of H-pyrrole nitrogens is 1. The van der Waals surface area contributed by atoms with E-state index < -0.39 is 0 Å². The Bertz CT molecular complexity index is 545. The Balaban J connectivity index is 1.72. The monoisotopic (exact) mass is 247 g/mol. The van der Waals surface area contributed by atoms with Gasteiger partial charge in [-0.05, 0) is 37.9 Å². The van der Waals surface area contributed by atoms with Crippen LogP contribution >= 0.6 is 0 Å². The molecule has 1 saturated carbocycles. The molecule has 18 heavy (non-hydrogen) atoms. The lowest BCUT2D eigenvalue weighted by molar-refractivity contribution is 0.161. The summed E-state index contributed by atoms with van der Waals surface area (Å²) in [5.74, 6) is -0.268. The number of pyridine rings is 1. The van der Waals surface area contributed by atoms with Crippen LogP contribution < -0.4 is 0 Å². The van der Waals surface area contributed by atoms with E-state index >= 15 is 0 Å². The van der Waals surface area contributed by atoms with Crippen LogP contribution in [0.5, 0.6) is 0 Å². The Morgan fingerprint density at radius 3 is 3.06 bits per heavy atom. The number of aromatic nitrogens is 2. The molecule has 3 rings (SSSR count). The molecule has 0 spiro atoms. The summed E-state index contributed by atoms with van der Waals surface area (Å²) in [6, 6.07) is 2.32. The Labute approximate surface area is 106 Å². The number of nitrogens with zero attached hydrogens (tertiary/aromatic N) is 2. The minimum Gasteiger partial charge on any atom is -0.346 e. The van der Waals surface area contributed by atoms with Gasteiger partial charge in [-0.1, -0.05) is 6.42 Å². The van der Waals surface area contributed by atoms with Crippen molar-refractivity contribution >= 4 is 11.0 Å². The van der Waals surface area contributed by atoms with Gasteiger partial charge in [0.25, 0.3) is 0 Å². The van der Waals surface area contributed by atoms with Crippen molar-refractivity contribution < 1.29 is 4.39 Å². The number of rotatable bonds is 4.